The van der Waals surface area contributed by atoms with E-state index in [9.17, 15) is 9.18 Å². The molecule has 0 radical (unpaired) electrons. The Labute approximate surface area is 169 Å². The van der Waals surface area contributed by atoms with Crippen molar-refractivity contribution in [1.82, 2.24) is 19.2 Å². The number of fused-ring (bicyclic) bond motifs is 1. The molecule has 0 aliphatic carbocycles. The molecule has 0 N–H and O–H groups in total. The van der Waals surface area contributed by atoms with Crippen LogP contribution in [0.1, 0.15) is 16.7 Å². The first-order valence-electron chi connectivity index (χ1n) is 8.55. The predicted octanol–water partition coefficient (Wildman–Crippen LogP) is 4.58. The van der Waals surface area contributed by atoms with Crippen molar-refractivity contribution in [3.05, 3.63) is 86.7 Å². The van der Waals surface area contributed by atoms with Crippen LogP contribution in [-0.4, -0.2) is 19.2 Å². The zero-order valence-corrected chi connectivity index (χ0v) is 16.8. The summed E-state index contributed by atoms with van der Waals surface area (Å²) < 4.78 is 17.1. The molecular formula is C20H16ClFN4OS. The van der Waals surface area contributed by atoms with Gasteiger partial charge in [-0.05, 0) is 49.2 Å². The molecule has 4 aromatic rings. The molecule has 2 aromatic heterocycles. The van der Waals surface area contributed by atoms with E-state index in [1.807, 2.05) is 32.0 Å². The monoisotopic (exact) mass is 414 g/mol. The van der Waals surface area contributed by atoms with Crippen molar-refractivity contribution in [3.63, 3.8) is 0 Å². The zero-order chi connectivity index (χ0) is 19.8. The van der Waals surface area contributed by atoms with Crippen LogP contribution in [0.25, 0.3) is 11.3 Å². The van der Waals surface area contributed by atoms with Crippen molar-refractivity contribution < 1.29 is 4.39 Å². The lowest BCUT2D eigenvalue weighted by molar-refractivity contribution is 0.617. The van der Waals surface area contributed by atoms with Gasteiger partial charge >= 0.3 is 5.56 Å². The van der Waals surface area contributed by atoms with Crippen LogP contribution < -0.4 is 5.56 Å². The van der Waals surface area contributed by atoms with E-state index < -0.39 is 0 Å². The van der Waals surface area contributed by atoms with E-state index in [2.05, 4.69) is 10.2 Å². The maximum absolute atomic E-state index is 14.0. The number of aryl methyl sites for hydroxylation is 2. The lowest BCUT2D eigenvalue weighted by Gasteiger charge is -2.09. The van der Waals surface area contributed by atoms with Crippen LogP contribution in [-0.2, 0) is 5.75 Å². The van der Waals surface area contributed by atoms with Gasteiger partial charge in [0.1, 0.15) is 5.82 Å². The Morgan fingerprint density at radius 2 is 1.93 bits per heavy atom. The van der Waals surface area contributed by atoms with Crippen LogP contribution in [0.4, 0.5) is 4.39 Å². The van der Waals surface area contributed by atoms with E-state index in [4.69, 9.17) is 11.6 Å². The lowest BCUT2D eigenvalue weighted by atomic mass is 10.1. The summed E-state index contributed by atoms with van der Waals surface area (Å²) >= 11 is 7.35. The highest BCUT2D eigenvalue weighted by Crippen LogP contribution is 2.27. The van der Waals surface area contributed by atoms with Gasteiger partial charge in [-0.25, -0.2) is 4.39 Å². The van der Waals surface area contributed by atoms with Gasteiger partial charge in [-0.2, -0.15) is 0 Å². The summed E-state index contributed by atoms with van der Waals surface area (Å²) in [4.78, 5) is 12.9. The minimum Gasteiger partial charge on any atom is -0.280 e. The summed E-state index contributed by atoms with van der Waals surface area (Å²) in [6, 6.07) is 10.4. The van der Waals surface area contributed by atoms with Crippen molar-refractivity contribution in [1.29, 1.82) is 0 Å². The minimum atomic E-state index is -0.370. The molecule has 8 heteroatoms. The highest BCUT2D eigenvalue weighted by molar-refractivity contribution is 7.98. The maximum atomic E-state index is 14.0. The largest absolute Gasteiger partial charge is 0.300 e. The van der Waals surface area contributed by atoms with Crippen molar-refractivity contribution in [3.8, 4) is 5.69 Å². The number of nitrogens with zero attached hydrogens (tertiary/aromatic N) is 4. The second-order valence-corrected chi connectivity index (χ2v) is 7.76. The molecular weight excluding hydrogens is 399 g/mol. The van der Waals surface area contributed by atoms with Crippen molar-refractivity contribution in [2.75, 3.05) is 0 Å². The van der Waals surface area contributed by atoms with Crippen LogP contribution in [0.15, 0.2) is 58.7 Å². The van der Waals surface area contributed by atoms with Gasteiger partial charge in [0.2, 0.25) is 5.65 Å². The third-order valence-electron chi connectivity index (χ3n) is 4.62. The van der Waals surface area contributed by atoms with Gasteiger partial charge in [-0.15, -0.1) is 10.2 Å². The average molecular weight is 415 g/mol. The Kier molecular flexibility index (Phi) is 4.95. The molecule has 0 amide bonds. The van der Waals surface area contributed by atoms with Gasteiger partial charge in [0.05, 0.1) is 0 Å². The van der Waals surface area contributed by atoms with Gasteiger partial charge in [-0.3, -0.25) is 13.8 Å². The van der Waals surface area contributed by atoms with E-state index in [-0.39, 0.29) is 22.8 Å². The number of hydrogen-bond donors (Lipinski definition) is 0. The molecule has 0 spiro atoms. The number of benzene rings is 2. The fourth-order valence-electron chi connectivity index (χ4n) is 2.85. The molecule has 28 heavy (non-hydrogen) atoms. The first-order valence-corrected chi connectivity index (χ1v) is 9.92. The molecule has 4 rings (SSSR count). The number of thioether (sulfide) groups is 1. The average Bonchev–Trinajstić information content (AvgIpc) is 3.08. The minimum absolute atomic E-state index is 0.211. The number of aromatic nitrogens is 4. The highest BCUT2D eigenvalue weighted by atomic mass is 35.5. The third kappa shape index (κ3) is 3.31. The fraction of sp³-hybridized carbons (Fsp3) is 0.150. The molecule has 2 aromatic carbocycles. The third-order valence-corrected chi connectivity index (χ3v) is 5.94. The maximum Gasteiger partial charge on any atom is 0.300 e. The molecule has 2 heterocycles. The Morgan fingerprint density at radius 3 is 2.68 bits per heavy atom. The fourth-order valence-corrected chi connectivity index (χ4v) is 4.11. The van der Waals surface area contributed by atoms with Gasteiger partial charge < -0.3 is 0 Å². The predicted molar refractivity (Wildman–Crippen MR) is 109 cm³/mol. The molecule has 0 bridgehead atoms. The van der Waals surface area contributed by atoms with Crippen LogP contribution in [0.2, 0.25) is 5.02 Å². The van der Waals surface area contributed by atoms with E-state index >= 15 is 0 Å². The number of rotatable bonds is 4. The zero-order valence-electron chi connectivity index (χ0n) is 15.2. The number of halogens is 2. The molecule has 142 valence electrons. The summed E-state index contributed by atoms with van der Waals surface area (Å²) in [5.74, 6) is -0.0853. The van der Waals surface area contributed by atoms with Crippen molar-refractivity contribution in [2.45, 2.75) is 24.8 Å². The summed E-state index contributed by atoms with van der Waals surface area (Å²) in [5, 5.41) is 8.99. The Bertz CT molecular complexity index is 1230. The lowest BCUT2D eigenvalue weighted by Crippen LogP contribution is -2.20. The molecule has 0 atom stereocenters. The quantitative estimate of drug-likeness (QED) is 0.458. The van der Waals surface area contributed by atoms with Gasteiger partial charge in [-0.1, -0.05) is 35.5 Å². The Morgan fingerprint density at radius 1 is 1.11 bits per heavy atom. The summed E-state index contributed by atoms with van der Waals surface area (Å²) in [6.07, 6.45) is 3.42. The van der Waals surface area contributed by atoms with Gasteiger partial charge in [0.15, 0.2) is 5.16 Å². The summed E-state index contributed by atoms with van der Waals surface area (Å²) in [7, 11) is 0. The molecule has 0 unspecified atom stereocenters. The highest BCUT2D eigenvalue weighted by Gasteiger charge is 2.14. The first-order chi connectivity index (χ1) is 13.5. The summed E-state index contributed by atoms with van der Waals surface area (Å²) in [5.41, 5.74) is 3.37. The second-order valence-electron chi connectivity index (χ2n) is 6.41. The van der Waals surface area contributed by atoms with Crippen LogP contribution in [0, 0.1) is 19.7 Å². The Hall–Kier alpha value is -2.64. The molecule has 0 fully saturated rings. The van der Waals surface area contributed by atoms with Crippen LogP contribution >= 0.6 is 23.4 Å². The second kappa shape index (κ2) is 7.41. The SMILES string of the molecule is Cc1ccc(-n2ccn3c(SCc4c(F)cccc4Cl)nnc3c2=O)cc1C. The van der Waals surface area contributed by atoms with Gasteiger partial charge in [0.25, 0.3) is 0 Å². The van der Waals surface area contributed by atoms with E-state index in [0.29, 0.717) is 15.7 Å². The molecule has 0 aliphatic heterocycles. The summed E-state index contributed by atoms with van der Waals surface area (Å²) in [6.45, 7) is 4.02. The topological polar surface area (TPSA) is 52.2 Å². The Balaban J connectivity index is 1.69. The molecule has 0 saturated carbocycles. The molecule has 0 saturated heterocycles. The van der Waals surface area contributed by atoms with Crippen LogP contribution in [0.3, 0.4) is 0 Å². The van der Waals surface area contributed by atoms with Crippen molar-refractivity contribution in [2.24, 2.45) is 0 Å². The molecule has 5 nitrogen and oxygen atoms in total. The van der Waals surface area contributed by atoms with Crippen molar-refractivity contribution >= 4 is 29.0 Å². The first kappa shape index (κ1) is 18.7. The number of hydrogen-bond acceptors (Lipinski definition) is 4. The van der Waals surface area contributed by atoms with Gasteiger partial charge in [0, 0.05) is 34.4 Å². The van der Waals surface area contributed by atoms with E-state index in [1.165, 1.54) is 17.8 Å². The standard InChI is InChI=1S/C20H16ClFN4OS/c1-12-6-7-14(10-13(12)2)25-8-9-26-18(19(25)27)23-24-20(26)28-11-15-16(21)4-3-5-17(15)22/h3-10H,11H2,1-2H3. The van der Waals surface area contributed by atoms with E-state index in [0.717, 1.165) is 16.8 Å². The van der Waals surface area contributed by atoms with E-state index in [1.54, 1.807) is 33.5 Å². The normalized spacial score (nSPS) is 11.3. The molecule has 0 aliphatic rings. The smallest absolute Gasteiger partial charge is 0.280 e. The van der Waals surface area contributed by atoms with Crippen LogP contribution in [0.5, 0.6) is 0 Å².